The number of rotatable bonds is 4. The Kier molecular flexibility index (Phi) is 3.58. The van der Waals surface area contributed by atoms with Crippen LogP contribution in [0.25, 0.3) is 11.0 Å². The van der Waals surface area contributed by atoms with Gasteiger partial charge in [0.15, 0.2) is 11.9 Å². The van der Waals surface area contributed by atoms with Crippen LogP contribution in [0.4, 0.5) is 0 Å². The highest BCUT2D eigenvalue weighted by Crippen LogP contribution is 2.20. The number of carbonyl (C=O) groups is 1. The molecule has 1 aromatic carbocycles. The van der Waals surface area contributed by atoms with Crippen molar-refractivity contribution in [3.63, 3.8) is 0 Å². The largest absolute Gasteiger partial charge is 0.497 e. The molecule has 0 spiro atoms. The quantitative estimate of drug-likeness (QED) is 0.549. The van der Waals surface area contributed by atoms with Gasteiger partial charge < -0.3 is 4.74 Å². The highest BCUT2D eigenvalue weighted by atomic mass is 35.5. The van der Waals surface area contributed by atoms with Crippen LogP contribution in [0.15, 0.2) is 36.4 Å². The van der Waals surface area contributed by atoms with Crippen molar-refractivity contribution in [2.75, 3.05) is 7.11 Å². The van der Waals surface area contributed by atoms with Crippen molar-refractivity contribution in [3.8, 4) is 5.75 Å². The van der Waals surface area contributed by atoms with Crippen LogP contribution in [0.2, 0.25) is 5.15 Å². The van der Waals surface area contributed by atoms with Crippen LogP contribution in [-0.4, -0.2) is 28.2 Å². The van der Waals surface area contributed by atoms with Gasteiger partial charge in [0, 0.05) is 5.39 Å². The molecule has 2 aromatic heterocycles. The van der Waals surface area contributed by atoms with Gasteiger partial charge in [-0.3, -0.25) is 4.79 Å². The summed E-state index contributed by atoms with van der Waals surface area (Å²) in [7, 11) is 1.62. The number of hydrogen-bond donors (Lipinski definition) is 0. The second-order valence-electron chi connectivity index (χ2n) is 4.51. The summed E-state index contributed by atoms with van der Waals surface area (Å²) in [5.74, 6) is 0.791. The highest BCUT2D eigenvalue weighted by Gasteiger charge is 2.12. The Morgan fingerprint density at radius 1 is 1.24 bits per heavy atom. The Hall–Kier alpha value is -2.40. The Morgan fingerprint density at radius 3 is 2.67 bits per heavy atom. The summed E-state index contributed by atoms with van der Waals surface area (Å²) in [6, 6.07) is 11.0. The van der Waals surface area contributed by atoms with Gasteiger partial charge in [-0.1, -0.05) is 23.7 Å². The van der Waals surface area contributed by atoms with Gasteiger partial charge in [-0.05, 0) is 29.8 Å². The van der Waals surface area contributed by atoms with Crippen molar-refractivity contribution < 1.29 is 9.53 Å². The van der Waals surface area contributed by atoms with Gasteiger partial charge in [-0.15, -0.1) is 0 Å². The van der Waals surface area contributed by atoms with Gasteiger partial charge in [0.1, 0.15) is 16.6 Å². The van der Waals surface area contributed by atoms with Crippen LogP contribution in [-0.2, 0) is 6.54 Å². The zero-order valence-corrected chi connectivity index (χ0v) is 12.0. The van der Waals surface area contributed by atoms with Crippen molar-refractivity contribution in [3.05, 3.63) is 52.8 Å². The number of methoxy groups -OCH3 is 1. The first-order valence-corrected chi connectivity index (χ1v) is 6.70. The lowest BCUT2D eigenvalue weighted by Crippen LogP contribution is -2.03. The predicted molar refractivity (Wildman–Crippen MR) is 80.0 cm³/mol. The normalized spacial score (nSPS) is 10.8. The van der Waals surface area contributed by atoms with Crippen molar-refractivity contribution in [1.82, 2.24) is 14.8 Å². The van der Waals surface area contributed by atoms with Crippen LogP contribution in [0.3, 0.4) is 0 Å². The second kappa shape index (κ2) is 5.54. The highest BCUT2D eigenvalue weighted by molar-refractivity contribution is 6.29. The van der Waals surface area contributed by atoms with E-state index >= 15 is 0 Å². The monoisotopic (exact) mass is 301 g/mol. The van der Waals surface area contributed by atoms with Gasteiger partial charge in [0.25, 0.3) is 0 Å². The number of halogens is 1. The number of aromatic nitrogens is 3. The molecule has 0 aliphatic heterocycles. The molecular weight excluding hydrogens is 290 g/mol. The smallest absolute Gasteiger partial charge is 0.171 e. The summed E-state index contributed by atoms with van der Waals surface area (Å²) < 4.78 is 6.80. The van der Waals surface area contributed by atoms with Gasteiger partial charge in [-0.25, -0.2) is 9.67 Å². The minimum absolute atomic E-state index is 0.364. The molecule has 6 heteroatoms. The van der Waals surface area contributed by atoms with Crippen molar-refractivity contribution >= 4 is 28.9 Å². The lowest BCUT2D eigenvalue weighted by molar-refractivity contribution is 0.111. The third kappa shape index (κ3) is 2.60. The zero-order valence-electron chi connectivity index (χ0n) is 11.3. The summed E-state index contributed by atoms with van der Waals surface area (Å²) in [5, 5.41) is 5.35. The first kappa shape index (κ1) is 13.6. The number of fused-ring (bicyclic) bond motifs is 1. The molecule has 2 heterocycles. The lowest BCUT2D eigenvalue weighted by atomic mass is 10.2. The van der Waals surface area contributed by atoms with E-state index in [9.17, 15) is 4.79 Å². The van der Waals surface area contributed by atoms with Crippen molar-refractivity contribution in [1.29, 1.82) is 0 Å². The van der Waals surface area contributed by atoms with Crippen LogP contribution < -0.4 is 4.74 Å². The van der Waals surface area contributed by atoms with E-state index in [1.54, 1.807) is 23.9 Å². The van der Waals surface area contributed by atoms with E-state index in [4.69, 9.17) is 16.3 Å². The molecule has 3 aromatic rings. The lowest BCUT2D eigenvalue weighted by Gasteiger charge is -2.05. The van der Waals surface area contributed by atoms with Gasteiger partial charge >= 0.3 is 0 Å². The second-order valence-corrected chi connectivity index (χ2v) is 4.90. The standard InChI is InChI=1S/C15H12ClN3O2/c1-21-11-4-2-10(3-5-11)8-19-15-12(13(9-20)18-19)6-7-14(16)17-15/h2-7,9H,8H2,1H3. The number of benzene rings is 1. The Morgan fingerprint density at radius 2 is 2.00 bits per heavy atom. The average molecular weight is 302 g/mol. The number of ether oxygens (including phenoxy) is 1. The first-order chi connectivity index (χ1) is 10.2. The molecule has 0 radical (unpaired) electrons. The molecule has 0 fully saturated rings. The average Bonchev–Trinajstić information content (AvgIpc) is 2.85. The molecule has 0 aliphatic carbocycles. The predicted octanol–water partition coefficient (Wildman–Crippen LogP) is 2.95. The molecular formula is C15H12ClN3O2. The third-order valence-electron chi connectivity index (χ3n) is 3.19. The zero-order chi connectivity index (χ0) is 14.8. The van der Waals surface area contributed by atoms with E-state index in [0.717, 1.165) is 17.6 Å². The van der Waals surface area contributed by atoms with E-state index in [2.05, 4.69) is 10.1 Å². The van der Waals surface area contributed by atoms with E-state index in [0.29, 0.717) is 28.4 Å². The van der Waals surface area contributed by atoms with E-state index in [1.807, 2.05) is 24.3 Å². The maximum atomic E-state index is 11.1. The molecule has 0 aliphatic rings. The van der Waals surface area contributed by atoms with Gasteiger partial charge in [0.05, 0.1) is 13.7 Å². The van der Waals surface area contributed by atoms with Crippen LogP contribution >= 0.6 is 11.6 Å². The molecule has 0 saturated carbocycles. The van der Waals surface area contributed by atoms with Crippen LogP contribution in [0.5, 0.6) is 5.75 Å². The molecule has 0 atom stereocenters. The Labute approximate surface area is 126 Å². The number of pyridine rings is 1. The third-order valence-corrected chi connectivity index (χ3v) is 3.40. The number of aldehydes is 1. The molecule has 0 N–H and O–H groups in total. The summed E-state index contributed by atoms with van der Waals surface area (Å²) in [5.41, 5.74) is 1.99. The molecule has 0 saturated heterocycles. The first-order valence-electron chi connectivity index (χ1n) is 6.32. The van der Waals surface area contributed by atoms with Crippen LogP contribution in [0, 0.1) is 0 Å². The molecule has 3 rings (SSSR count). The maximum Gasteiger partial charge on any atom is 0.171 e. The van der Waals surface area contributed by atoms with E-state index in [-0.39, 0.29) is 0 Å². The number of nitrogens with zero attached hydrogens (tertiary/aromatic N) is 3. The van der Waals surface area contributed by atoms with Crippen LogP contribution in [0.1, 0.15) is 16.1 Å². The SMILES string of the molecule is COc1ccc(Cn2nc(C=O)c3ccc(Cl)nc32)cc1. The molecule has 0 bridgehead atoms. The summed E-state index contributed by atoms with van der Waals surface area (Å²) >= 11 is 5.93. The topological polar surface area (TPSA) is 57.0 Å². The number of carbonyl (C=O) groups excluding carboxylic acids is 1. The summed E-state index contributed by atoms with van der Waals surface area (Å²) in [6.07, 6.45) is 0.725. The molecule has 0 unspecified atom stereocenters. The fraction of sp³-hybridized carbons (Fsp3) is 0.133. The summed E-state index contributed by atoms with van der Waals surface area (Å²) in [4.78, 5) is 15.4. The Bertz CT molecular complexity index is 797. The number of hydrogen-bond acceptors (Lipinski definition) is 4. The fourth-order valence-electron chi connectivity index (χ4n) is 2.15. The summed E-state index contributed by atoms with van der Waals surface area (Å²) in [6.45, 7) is 0.502. The Balaban J connectivity index is 2.02. The molecule has 21 heavy (non-hydrogen) atoms. The molecule has 5 nitrogen and oxygen atoms in total. The molecule has 106 valence electrons. The van der Waals surface area contributed by atoms with Gasteiger partial charge in [0.2, 0.25) is 0 Å². The minimum Gasteiger partial charge on any atom is -0.497 e. The van der Waals surface area contributed by atoms with E-state index in [1.165, 1.54) is 0 Å². The van der Waals surface area contributed by atoms with E-state index < -0.39 is 0 Å². The van der Waals surface area contributed by atoms with Crippen molar-refractivity contribution in [2.24, 2.45) is 0 Å². The van der Waals surface area contributed by atoms with Gasteiger partial charge in [-0.2, -0.15) is 5.10 Å². The minimum atomic E-state index is 0.364. The molecule has 0 amide bonds. The maximum absolute atomic E-state index is 11.1. The fourth-order valence-corrected chi connectivity index (χ4v) is 2.30. The van der Waals surface area contributed by atoms with Crippen molar-refractivity contribution in [2.45, 2.75) is 6.54 Å².